The van der Waals surface area contributed by atoms with Crippen LogP contribution in [0.5, 0.6) is 0 Å². The zero-order valence-electron chi connectivity index (χ0n) is 14.8. The van der Waals surface area contributed by atoms with Crippen molar-refractivity contribution in [3.05, 3.63) is 0 Å². The molecule has 1 aliphatic carbocycles. The molecule has 0 bridgehead atoms. The van der Waals surface area contributed by atoms with E-state index in [2.05, 4.69) is 36.4 Å². The van der Waals surface area contributed by atoms with Gasteiger partial charge in [0, 0.05) is 29.6 Å². The van der Waals surface area contributed by atoms with E-state index >= 15 is 0 Å². The molecule has 134 valence electrons. The molecule has 2 aliphatic rings. The number of halogens is 1. The molecule has 0 N–H and O–H groups in total. The van der Waals surface area contributed by atoms with Crippen LogP contribution >= 0.6 is 22.6 Å². The highest BCUT2D eigenvalue weighted by molar-refractivity contribution is 14.1. The summed E-state index contributed by atoms with van der Waals surface area (Å²) in [5.74, 6) is 1.40. The average molecular weight is 436 g/mol. The summed E-state index contributed by atoms with van der Waals surface area (Å²) in [6.07, 6.45) is 10.2. The lowest BCUT2D eigenvalue weighted by molar-refractivity contribution is -0.171. The van der Waals surface area contributed by atoms with Gasteiger partial charge in [-0.1, -0.05) is 62.1 Å². The molecule has 3 atom stereocenters. The normalized spacial score (nSPS) is 30.2. The lowest BCUT2D eigenvalue weighted by Gasteiger charge is -2.30. The zero-order valence-corrected chi connectivity index (χ0v) is 17.0. The number of carbonyl (C=O) groups excluding carboxylic acids is 1. The number of carbonyl (C=O) groups is 1. The molecular weight excluding hydrogens is 403 g/mol. The van der Waals surface area contributed by atoms with Gasteiger partial charge in [-0.25, -0.2) is 0 Å². The van der Waals surface area contributed by atoms with E-state index in [0.29, 0.717) is 17.6 Å². The summed E-state index contributed by atoms with van der Waals surface area (Å²) in [5, 5.41) is 0. The Balaban J connectivity index is 1.83. The standard InChI is InChI=1S/C19H33IO3/c1-3-4-5-6-7-9-19(22-11-12-23-19)10-8-17-15(2)18(21)13-16(17)14-20/h15-17H,3-14H2,1-2H3/t15-,16+,17-/m1/s1. The van der Waals surface area contributed by atoms with Gasteiger partial charge in [-0.15, -0.1) is 0 Å². The molecule has 0 spiro atoms. The van der Waals surface area contributed by atoms with Crippen molar-refractivity contribution in [1.82, 2.24) is 0 Å². The predicted octanol–water partition coefficient (Wildman–Crippen LogP) is 5.15. The molecule has 2 fully saturated rings. The van der Waals surface area contributed by atoms with Gasteiger partial charge in [-0.2, -0.15) is 0 Å². The maximum Gasteiger partial charge on any atom is 0.168 e. The maximum atomic E-state index is 12.0. The van der Waals surface area contributed by atoms with Gasteiger partial charge < -0.3 is 9.47 Å². The van der Waals surface area contributed by atoms with Crippen molar-refractivity contribution in [3.8, 4) is 0 Å². The van der Waals surface area contributed by atoms with Crippen LogP contribution in [0.2, 0.25) is 0 Å². The molecule has 23 heavy (non-hydrogen) atoms. The van der Waals surface area contributed by atoms with Crippen LogP contribution in [0.15, 0.2) is 0 Å². The fourth-order valence-corrected chi connectivity index (χ4v) is 5.16. The summed E-state index contributed by atoms with van der Waals surface area (Å²) in [5.41, 5.74) is 0. The molecule has 0 aromatic rings. The SMILES string of the molecule is CCCCCCCC1(CC[C@H]2[C@H](CI)CC(=O)[C@@H]2C)OCCO1. The van der Waals surface area contributed by atoms with Crippen molar-refractivity contribution < 1.29 is 14.3 Å². The van der Waals surface area contributed by atoms with Gasteiger partial charge in [0.1, 0.15) is 5.78 Å². The largest absolute Gasteiger partial charge is 0.348 e. The molecular formula is C19H33IO3. The number of ketones is 1. The first kappa shape index (κ1) is 19.6. The Morgan fingerprint density at radius 2 is 1.83 bits per heavy atom. The number of ether oxygens (including phenoxy) is 2. The predicted molar refractivity (Wildman–Crippen MR) is 102 cm³/mol. The molecule has 1 heterocycles. The molecule has 0 amide bonds. The van der Waals surface area contributed by atoms with Gasteiger partial charge in [-0.05, 0) is 24.7 Å². The van der Waals surface area contributed by atoms with E-state index in [-0.39, 0.29) is 11.7 Å². The number of rotatable bonds is 10. The first-order valence-electron chi connectivity index (χ1n) is 9.48. The van der Waals surface area contributed by atoms with E-state index in [1.807, 2.05) is 0 Å². The summed E-state index contributed by atoms with van der Waals surface area (Å²) in [4.78, 5) is 12.0. The van der Waals surface area contributed by atoms with Crippen LogP contribution < -0.4 is 0 Å². The van der Waals surface area contributed by atoms with E-state index in [1.54, 1.807) is 0 Å². The van der Waals surface area contributed by atoms with Crippen molar-refractivity contribution in [2.75, 3.05) is 17.6 Å². The van der Waals surface area contributed by atoms with Crippen LogP contribution in [0.4, 0.5) is 0 Å². The fraction of sp³-hybridized carbons (Fsp3) is 0.947. The van der Waals surface area contributed by atoms with Gasteiger partial charge >= 0.3 is 0 Å². The maximum absolute atomic E-state index is 12.0. The minimum Gasteiger partial charge on any atom is -0.348 e. The van der Waals surface area contributed by atoms with Crippen molar-refractivity contribution in [3.63, 3.8) is 0 Å². The Hall–Kier alpha value is 0.320. The highest BCUT2D eigenvalue weighted by Gasteiger charge is 2.42. The second-order valence-corrected chi connectivity index (χ2v) is 8.23. The molecule has 2 rings (SSSR count). The summed E-state index contributed by atoms with van der Waals surface area (Å²) in [6.45, 7) is 5.82. The number of alkyl halides is 1. The third kappa shape index (κ3) is 5.40. The summed E-state index contributed by atoms with van der Waals surface area (Å²) < 4.78 is 13.1. The minimum absolute atomic E-state index is 0.220. The second-order valence-electron chi connectivity index (χ2n) is 7.35. The summed E-state index contributed by atoms with van der Waals surface area (Å²) >= 11 is 2.44. The number of hydrogen-bond donors (Lipinski definition) is 0. The smallest absolute Gasteiger partial charge is 0.168 e. The first-order chi connectivity index (χ1) is 11.1. The fourth-order valence-electron chi connectivity index (χ4n) is 4.19. The summed E-state index contributed by atoms with van der Waals surface area (Å²) in [6, 6.07) is 0. The van der Waals surface area contributed by atoms with Crippen LogP contribution in [0, 0.1) is 17.8 Å². The number of unbranched alkanes of at least 4 members (excludes halogenated alkanes) is 4. The lowest BCUT2D eigenvalue weighted by Crippen LogP contribution is -2.32. The highest BCUT2D eigenvalue weighted by Crippen LogP contribution is 2.41. The Labute approximate surface area is 155 Å². The van der Waals surface area contributed by atoms with Crippen molar-refractivity contribution in [2.45, 2.75) is 77.4 Å². The molecule has 0 aromatic heterocycles. The molecule has 1 aliphatic heterocycles. The second kappa shape index (κ2) is 9.71. The van der Waals surface area contributed by atoms with E-state index in [1.165, 1.54) is 32.1 Å². The van der Waals surface area contributed by atoms with Gasteiger partial charge in [0.25, 0.3) is 0 Å². The lowest BCUT2D eigenvalue weighted by atomic mass is 9.85. The van der Waals surface area contributed by atoms with Crippen LogP contribution in [0.3, 0.4) is 0 Å². The summed E-state index contributed by atoms with van der Waals surface area (Å²) in [7, 11) is 0. The Morgan fingerprint density at radius 3 is 2.48 bits per heavy atom. The van der Waals surface area contributed by atoms with Crippen molar-refractivity contribution >= 4 is 28.4 Å². The number of Topliss-reactive ketones (excluding diaryl/α,β-unsaturated/α-hetero) is 1. The van der Waals surface area contributed by atoms with Crippen LogP contribution in [0.1, 0.15) is 71.6 Å². The molecule has 0 aromatic carbocycles. The van der Waals surface area contributed by atoms with E-state index in [0.717, 1.165) is 43.3 Å². The van der Waals surface area contributed by atoms with E-state index in [9.17, 15) is 4.79 Å². The third-order valence-corrected chi connectivity index (χ3v) is 6.88. The topological polar surface area (TPSA) is 35.5 Å². The molecule has 1 saturated carbocycles. The van der Waals surface area contributed by atoms with Crippen molar-refractivity contribution in [2.24, 2.45) is 17.8 Å². The minimum atomic E-state index is -0.354. The molecule has 3 nitrogen and oxygen atoms in total. The Kier molecular flexibility index (Phi) is 8.29. The third-order valence-electron chi connectivity index (χ3n) is 5.75. The molecule has 0 radical (unpaired) electrons. The zero-order chi connectivity index (χ0) is 16.7. The van der Waals surface area contributed by atoms with Gasteiger partial charge in [0.15, 0.2) is 5.79 Å². The molecule has 0 unspecified atom stereocenters. The van der Waals surface area contributed by atoms with E-state index < -0.39 is 0 Å². The Bertz CT molecular complexity index is 366. The highest BCUT2D eigenvalue weighted by atomic mass is 127. The van der Waals surface area contributed by atoms with Crippen LogP contribution in [-0.2, 0) is 14.3 Å². The van der Waals surface area contributed by atoms with Gasteiger partial charge in [-0.3, -0.25) is 4.79 Å². The van der Waals surface area contributed by atoms with Crippen LogP contribution in [-0.4, -0.2) is 29.2 Å². The monoisotopic (exact) mass is 436 g/mol. The molecule has 1 saturated heterocycles. The van der Waals surface area contributed by atoms with Crippen molar-refractivity contribution in [1.29, 1.82) is 0 Å². The molecule has 4 heteroatoms. The van der Waals surface area contributed by atoms with E-state index in [4.69, 9.17) is 9.47 Å². The quantitative estimate of drug-likeness (QED) is 0.270. The van der Waals surface area contributed by atoms with Gasteiger partial charge in [0.2, 0.25) is 0 Å². The average Bonchev–Trinajstić information content (AvgIpc) is 3.12. The Morgan fingerprint density at radius 1 is 1.13 bits per heavy atom. The first-order valence-corrected chi connectivity index (χ1v) is 11.0. The van der Waals surface area contributed by atoms with Gasteiger partial charge in [0.05, 0.1) is 13.2 Å². The number of hydrogen-bond acceptors (Lipinski definition) is 3. The van der Waals surface area contributed by atoms with Crippen LogP contribution in [0.25, 0.3) is 0 Å².